The maximum atomic E-state index is 14.3. The Balaban J connectivity index is 1.70. The largest absolute Gasteiger partial charge is 0.490 e. The predicted octanol–water partition coefficient (Wildman–Crippen LogP) is 4.49. The molecule has 1 saturated carbocycles. The van der Waals surface area contributed by atoms with E-state index in [9.17, 15) is 4.39 Å². The average molecular weight is 383 g/mol. The second-order valence-electron chi connectivity index (χ2n) is 7.57. The summed E-state index contributed by atoms with van der Waals surface area (Å²) in [6.45, 7) is 0. The number of nitrogens with two attached hydrogens (primary N) is 1. The molecule has 1 fully saturated rings. The minimum atomic E-state index is -0.457. The van der Waals surface area contributed by atoms with Crippen LogP contribution in [-0.4, -0.2) is 22.0 Å². The van der Waals surface area contributed by atoms with Gasteiger partial charge in [-0.15, -0.1) is 0 Å². The van der Waals surface area contributed by atoms with Crippen molar-refractivity contribution in [1.29, 1.82) is 0 Å². The number of hydrogen-bond donors (Lipinski definition) is 1. The zero-order valence-corrected chi connectivity index (χ0v) is 15.8. The van der Waals surface area contributed by atoms with Gasteiger partial charge in [0, 0.05) is 29.0 Å². The van der Waals surface area contributed by atoms with Gasteiger partial charge in [-0.25, -0.2) is 4.98 Å². The topological polar surface area (TPSA) is 60.5 Å². The van der Waals surface area contributed by atoms with Crippen molar-refractivity contribution in [2.45, 2.75) is 43.7 Å². The Bertz CT molecular complexity index is 918. The molecule has 3 aliphatic rings. The molecule has 5 rings (SSSR count). The van der Waals surface area contributed by atoms with Crippen LogP contribution in [0.25, 0.3) is 11.1 Å². The number of nitrogens with zero attached hydrogens (tertiary/aromatic N) is 2. The highest BCUT2D eigenvalue weighted by Gasteiger charge is 2.51. The highest BCUT2D eigenvalue weighted by atomic mass is 32.2. The predicted molar refractivity (Wildman–Crippen MR) is 106 cm³/mol. The van der Waals surface area contributed by atoms with Crippen LogP contribution in [0, 0.1) is 11.9 Å². The molecule has 1 spiro atoms. The summed E-state index contributed by atoms with van der Waals surface area (Å²) in [4.78, 5) is 8.82. The van der Waals surface area contributed by atoms with Crippen LogP contribution >= 0.6 is 11.8 Å². The molecule has 0 amide bonds. The van der Waals surface area contributed by atoms with Gasteiger partial charge in [0.25, 0.3) is 0 Å². The first kappa shape index (κ1) is 17.0. The molecular weight excluding hydrogens is 361 g/mol. The van der Waals surface area contributed by atoms with Gasteiger partial charge in [-0.3, -0.25) is 4.99 Å². The molecule has 2 aromatic rings. The number of hydrogen-bond acceptors (Lipinski definition) is 5. The second-order valence-corrected chi connectivity index (χ2v) is 8.69. The number of halogens is 1. The van der Waals surface area contributed by atoms with E-state index >= 15 is 0 Å². The van der Waals surface area contributed by atoms with Crippen LogP contribution in [0.1, 0.15) is 37.7 Å². The van der Waals surface area contributed by atoms with Crippen LogP contribution in [-0.2, 0) is 5.54 Å². The highest BCUT2D eigenvalue weighted by Crippen LogP contribution is 2.54. The maximum Gasteiger partial charge on any atom is 0.220 e. The number of thioether (sulfide) groups is 1. The second kappa shape index (κ2) is 6.51. The zero-order chi connectivity index (χ0) is 18.4. The van der Waals surface area contributed by atoms with Crippen LogP contribution in [0.3, 0.4) is 0 Å². The molecule has 2 N–H and O–H groups in total. The van der Waals surface area contributed by atoms with Gasteiger partial charge in [0.2, 0.25) is 5.95 Å². The van der Waals surface area contributed by atoms with E-state index in [2.05, 4.69) is 4.98 Å². The quantitative estimate of drug-likeness (QED) is 0.737. The molecule has 6 heteroatoms. The summed E-state index contributed by atoms with van der Waals surface area (Å²) < 4.78 is 20.7. The maximum absolute atomic E-state index is 14.3. The summed E-state index contributed by atoms with van der Waals surface area (Å²) in [6.07, 6.45) is 7.14. The molecule has 1 aromatic carbocycles. The molecule has 1 unspecified atom stereocenters. The van der Waals surface area contributed by atoms with Gasteiger partial charge in [0.15, 0.2) is 5.17 Å². The number of aliphatic imine (C=N–C) groups is 1. The Morgan fingerprint density at radius 3 is 2.96 bits per heavy atom. The fraction of sp³-hybridized carbons (Fsp3) is 0.429. The molecule has 3 heterocycles. The van der Waals surface area contributed by atoms with Gasteiger partial charge in [-0.2, -0.15) is 4.39 Å². The summed E-state index contributed by atoms with van der Waals surface area (Å²) in [6, 6.07) is 9.46. The molecule has 27 heavy (non-hydrogen) atoms. The van der Waals surface area contributed by atoms with E-state index in [-0.39, 0.29) is 11.6 Å². The third kappa shape index (κ3) is 2.73. The first-order valence-electron chi connectivity index (χ1n) is 9.57. The van der Waals surface area contributed by atoms with E-state index in [1.807, 2.05) is 18.2 Å². The number of aromatic nitrogens is 1. The third-order valence-electron chi connectivity index (χ3n) is 6.15. The Morgan fingerprint density at radius 2 is 2.11 bits per heavy atom. The minimum absolute atomic E-state index is 0.187. The molecule has 0 bridgehead atoms. The van der Waals surface area contributed by atoms with Crippen LogP contribution in [0.15, 0.2) is 41.5 Å². The number of fused-ring (bicyclic) bond motifs is 4. The van der Waals surface area contributed by atoms with Crippen LogP contribution in [0.5, 0.6) is 5.75 Å². The molecule has 1 aliphatic carbocycles. The van der Waals surface area contributed by atoms with E-state index in [1.165, 1.54) is 19.0 Å². The molecule has 1 aromatic heterocycles. The zero-order valence-electron chi connectivity index (χ0n) is 15.0. The summed E-state index contributed by atoms with van der Waals surface area (Å²) in [5.74, 6) is 1.69. The van der Waals surface area contributed by atoms with Crippen molar-refractivity contribution >= 4 is 16.9 Å². The van der Waals surface area contributed by atoms with E-state index < -0.39 is 5.95 Å². The van der Waals surface area contributed by atoms with Gasteiger partial charge in [-0.05, 0) is 55.5 Å². The average Bonchev–Trinajstić information content (AvgIpc) is 2.69. The summed E-state index contributed by atoms with van der Waals surface area (Å²) in [7, 11) is 0. The van der Waals surface area contributed by atoms with Crippen LogP contribution in [0.2, 0.25) is 0 Å². The molecule has 4 nitrogen and oxygen atoms in total. The van der Waals surface area contributed by atoms with Gasteiger partial charge in [0.05, 0.1) is 5.54 Å². The normalized spacial score (nSPS) is 29.4. The van der Waals surface area contributed by atoms with Gasteiger partial charge in [0.1, 0.15) is 11.9 Å². The third-order valence-corrected chi connectivity index (χ3v) is 6.95. The monoisotopic (exact) mass is 383 g/mol. The smallest absolute Gasteiger partial charge is 0.220 e. The van der Waals surface area contributed by atoms with E-state index in [1.54, 1.807) is 23.9 Å². The van der Waals surface area contributed by atoms with E-state index in [4.69, 9.17) is 15.5 Å². The molecule has 0 saturated heterocycles. The SMILES string of the molecule is NC1=NC2(CCS1)c1cc(-c3cccnc3F)ccc1O[C@H]1CCCC[C@H]12. The first-order chi connectivity index (χ1) is 13.2. The molecular formula is C21H22FN3OS. The van der Waals surface area contributed by atoms with Gasteiger partial charge < -0.3 is 10.5 Å². The van der Waals surface area contributed by atoms with E-state index in [0.29, 0.717) is 16.6 Å². The lowest BCUT2D eigenvalue weighted by atomic mass is 9.66. The fourth-order valence-corrected chi connectivity index (χ4v) is 5.80. The first-order valence-corrected chi connectivity index (χ1v) is 10.6. The lowest BCUT2D eigenvalue weighted by Gasteiger charge is -2.50. The highest BCUT2D eigenvalue weighted by molar-refractivity contribution is 8.13. The number of ether oxygens (including phenoxy) is 1. The number of pyridine rings is 1. The van der Waals surface area contributed by atoms with Gasteiger partial charge >= 0.3 is 0 Å². The lowest BCUT2D eigenvalue weighted by molar-refractivity contribution is 0.0158. The fourth-order valence-electron chi connectivity index (χ4n) is 4.95. The van der Waals surface area contributed by atoms with Crippen molar-refractivity contribution in [3.05, 3.63) is 48.0 Å². The van der Waals surface area contributed by atoms with Crippen molar-refractivity contribution in [2.75, 3.05) is 5.75 Å². The molecule has 2 aliphatic heterocycles. The lowest BCUT2D eigenvalue weighted by Crippen LogP contribution is -2.50. The van der Waals surface area contributed by atoms with Crippen LogP contribution in [0.4, 0.5) is 4.39 Å². The van der Waals surface area contributed by atoms with Crippen LogP contribution < -0.4 is 10.5 Å². The summed E-state index contributed by atoms with van der Waals surface area (Å²) in [5, 5.41) is 0.649. The van der Waals surface area contributed by atoms with Crippen molar-refractivity contribution < 1.29 is 9.13 Å². The van der Waals surface area contributed by atoms with Crippen molar-refractivity contribution in [3.63, 3.8) is 0 Å². The standard InChI is InChI=1S/C21H22FN3OS/c22-19-14(4-3-10-24-19)13-7-8-18-16(12-13)21(9-11-27-20(23)25-21)15-5-1-2-6-17(15)26-18/h3-4,7-8,10,12,15,17H,1-2,5-6,9,11H2,(H2,23,25)/t15-,17+,21?/m1/s1. The number of benzene rings is 1. The molecule has 0 radical (unpaired) electrons. The van der Waals surface area contributed by atoms with Crippen molar-refractivity contribution in [2.24, 2.45) is 16.6 Å². The van der Waals surface area contributed by atoms with Crippen molar-refractivity contribution in [3.8, 4) is 16.9 Å². The minimum Gasteiger partial charge on any atom is -0.490 e. The Labute approximate surface area is 162 Å². The summed E-state index contributed by atoms with van der Waals surface area (Å²) in [5.41, 5.74) is 8.20. The summed E-state index contributed by atoms with van der Waals surface area (Å²) >= 11 is 1.62. The molecule has 140 valence electrons. The molecule has 3 atom stereocenters. The Kier molecular flexibility index (Phi) is 4.11. The van der Waals surface area contributed by atoms with Gasteiger partial charge in [-0.1, -0.05) is 24.2 Å². The number of rotatable bonds is 1. The van der Waals surface area contributed by atoms with E-state index in [0.717, 1.165) is 41.9 Å². The Morgan fingerprint density at radius 1 is 1.22 bits per heavy atom. The number of amidine groups is 1. The Hall–Kier alpha value is -2.08. The van der Waals surface area contributed by atoms with Crippen molar-refractivity contribution in [1.82, 2.24) is 4.98 Å².